The standard InChI is InChI=1S/C13H27N3O3S/c1-15-11-3-5-12(6-4-11)16(2)8-10-20(18,19)9-7-13(14)17/h11-12,15H,3-10H2,1-2H3,(H2,14,17). The number of sulfone groups is 1. The SMILES string of the molecule is CNC1CCC(N(C)CCS(=O)(=O)CCC(N)=O)CC1. The molecule has 0 aromatic heterocycles. The Balaban J connectivity index is 2.32. The van der Waals surface area contributed by atoms with E-state index in [1.54, 1.807) is 0 Å². The highest BCUT2D eigenvalue weighted by Gasteiger charge is 2.24. The Morgan fingerprint density at radius 1 is 1.25 bits per heavy atom. The zero-order valence-electron chi connectivity index (χ0n) is 12.5. The van der Waals surface area contributed by atoms with Gasteiger partial charge in [0.1, 0.15) is 0 Å². The first-order chi connectivity index (χ1) is 9.34. The third-order valence-electron chi connectivity index (χ3n) is 4.14. The quantitative estimate of drug-likeness (QED) is 0.644. The molecule has 0 aliphatic heterocycles. The van der Waals surface area contributed by atoms with Gasteiger partial charge in [-0.1, -0.05) is 0 Å². The van der Waals surface area contributed by atoms with Crippen molar-refractivity contribution in [2.24, 2.45) is 5.73 Å². The molecule has 0 saturated heterocycles. The summed E-state index contributed by atoms with van der Waals surface area (Å²) in [5.41, 5.74) is 4.98. The molecule has 1 aliphatic rings. The van der Waals surface area contributed by atoms with Crippen LogP contribution in [0.4, 0.5) is 0 Å². The van der Waals surface area contributed by atoms with E-state index in [1.807, 2.05) is 14.1 Å². The van der Waals surface area contributed by atoms with Gasteiger partial charge >= 0.3 is 0 Å². The number of carbonyl (C=O) groups is 1. The second-order valence-corrected chi connectivity index (χ2v) is 7.95. The van der Waals surface area contributed by atoms with Crippen LogP contribution in [0.25, 0.3) is 0 Å². The first-order valence-electron chi connectivity index (χ1n) is 7.20. The number of carbonyl (C=O) groups excluding carboxylic acids is 1. The summed E-state index contributed by atoms with van der Waals surface area (Å²) in [4.78, 5) is 12.8. The van der Waals surface area contributed by atoms with E-state index >= 15 is 0 Å². The molecular weight excluding hydrogens is 278 g/mol. The van der Waals surface area contributed by atoms with Gasteiger partial charge in [0.15, 0.2) is 9.84 Å². The summed E-state index contributed by atoms with van der Waals surface area (Å²) in [6.07, 6.45) is 4.39. The van der Waals surface area contributed by atoms with Gasteiger partial charge in [0.25, 0.3) is 0 Å². The van der Waals surface area contributed by atoms with Gasteiger partial charge in [-0.2, -0.15) is 0 Å². The average molecular weight is 305 g/mol. The lowest BCUT2D eigenvalue weighted by molar-refractivity contribution is -0.117. The Kier molecular flexibility index (Phi) is 6.91. The van der Waals surface area contributed by atoms with Gasteiger partial charge in [0.05, 0.1) is 11.5 Å². The maximum absolute atomic E-state index is 11.8. The zero-order valence-corrected chi connectivity index (χ0v) is 13.3. The van der Waals surface area contributed by atoms with Crippen LogP contribution in [0.2, 0.25) is 0 Å². The van der Waals surface area contributed by atoms with Crippen LogP contribution in [0, 0.1) is 0 Å². The van der Waals surface area contributed by atoms with E-state index in [0.717, 1.165) is 25.7 Å². The molecule has 20 heavy (non-hydrogen) atoms. The van der Waals surface area contributed by atoms with Crippen molar-refractivity contribution in [1.29, 1.82) is 0 Å². The Morgan fingerprint density at radius 2 is 1.85 bits per heavy atom. The van der Waals surface area contributed by atoms with E-state index in [9.17, 15) is 13.2 Å². The molecule has 1 rings (SSSR count). The molecule has 0 spiro atoms. The van der Waals surface area contributed by atoms with Crippen LogP contribution in [0.15, 0.2) is 0 Å². The summed E-state index contributed by atoms with van der Waals surface area (Å²) in [6.45, 7) is 0.524. The van der Waals surface area contributed by atoms with Crippen molar-refractivity contribution in [3.8, 4) is 0 Å². The lowest BCUT2D eigenvalue weighted by Crippen LogP contribution is -2.41. The molecule has 0 unspecified atom stereocenters. The Labute approximate surface area is 122 Å². The molecule has 1 fully saturated rings. The van der Waals surface area contributed by atoms with Gasteiger partial charge in [-0.3, -0.25) is 4.79 Å². The summed E-state index contributed by atoms with van der Waals surface area (Å²) in [7, 11) is 0.786. The predicted octanol–water partition coefficient (Wildman–Crippen LogP) is -0.261. The van der Waals surface area contributed by atoms with Crippen molar-refractivity contribution >= 4 is 15.7 Å². The van der Waals surface area contributed by atoms with E-state index < -0.39 is 15.7 Å². The highest BCUT2D eigenvalue weighted by atomic mass is 32.2. The Hall–Kier alpha value is -0.660. The number of nitrogens with zero attached hydrogens (tertiary/aromatic N) is 1. The van der Waals surface area contributed by atoms with E-state index in [4.69, 9.17) is 5.73 Å². The second-order valence-electron chi connectivity index (χ2n) is 5.64. The molecule has 0 atom stereocenters. The van der Waals surface area contributed by atoms with Crippen LogP contribution in [-0.2, 0) is 14.6 Å². The number of primary amides is 1. The van der Waals surface area contributed by atoms with E-state index in [-0.39, 0.29) is 17.9 Å². The molecule has 1 amide bonds. The molecule has 0 heterocycles. The minimum Gasteiger partial charge on any atom is -0.370 e. The molecule has 118 valence electrons. The molecule has 3 N–H and O–H groups in total. The fourth-order valence-corrected chi connectivity index (χ4v) is 3.91. The fraction of sp³-hybridized carbons (Fsp3) is 0.923. The van der Waals surface area contributed by atoms with Crippen molar-refractivity contribution in [1.82, 2.24) is 10.2 Å². The van der Waals surface area contributed by atoms with Crippen molar-refractivity contribution in [3.63, 3.8) is 0 Å². The summed E-state index contributed by atoms with van der Waals surface area (Å²) in [5.74, 6) is -0.599. The average Bonchev–Trinajstić information content (AvgIpc) is 2.43. The minimum atomic E-state index is -3.18. The molecule has 1 aliphatic carbocycles. The van der Waals surface area contributed by atoms with Crippen LogP contribution in [0.5, 0.6) is 0 Å². The number of hydrogen-bond acceptors (Lipinski definition) is 5. The summed E-state index contributed by atoms with van der Waals surface area (Å²) in [5, 5.41) is 3.29. The number of nitrogens with two attached hydrogens (primary N) is 1. The van der Waals surface area contributed by atoms with E-state index in [1.165, 1.54) is 0 Å². The van der Waals surface area contributed by atoms with Gasteiger partial charge in [-0.15, -0.1) is 0 Å². The largest absolute Gasteiger partial charge is 0.370 e. The summed E-state index contributed by atoms with van der Waals surface area (Å²) < 4.78 is 23.6. The van der Waals surface area contributed by atoms with Crippen LogP contribution < -0.4 is 11.1 Å². The van der Waals surface area contributed by atoms with E-state index in [2.05, 4.69) is 10.2 Å². The smallest absolute Gasteiger partial charge is 0.218 e. The summed E-state index contributed by atoms with van der Waals surface area (Å²) >= 11 is 0. The van der Waals surface area contributed by atoms with E-state index in [0.29, 0.717) is 18.6 Å². The van der Waals surface area contributed by atoms with Gasteiger partial charge in [0.2, 0.25) is 5.91 Å². The Morgan fingerprint density at radius 3 is 2.35 bits per heavy atom. The molecule has 7 heteroatoms. The molecule has 0 aromatic carbocycles. The monoisotopic (exact) mass is 305 g/mol. The fourth-order valence-electron chi connectivity index (χ4n) is 2.63. The lowest BCUT2D eigenvalue weighted by Gasteiger charge is -2.34. The maximum atomic E-state index is 11.8. The second kappa shape index (κ2) is 7.95. The topological polar surface area (TPSA) is 92.5 Å². The summed E-state index contributed by atoms with van der Waals surface area (Å²) in [6, 6.07) is 1.06. The Bertz CT molecular complexity index is 403. The van der Waals surface area contributed by atoms with Gasteiger partial charge in [-0.05, 0) is 39.8 Å². The maximum Gasteiger partial charge on any atom is 0.218 e. The highest BCUT2D eigenvalue weighted by Crippen LogP contribution is 2.22. The predicted molar refractivity (Wildman–Crippen MR) is 80.2 cm³/mol. The molecule has 0 aromatic rings. The number of hydrogen-bond donors (Lipinski definition) is 2. The van der Waals surface area contributed by atoms with Crippen molar-refractivity contribution in [2.45, 2.75) is 44.2 Å². The lowest BCUT2D eigenvalue weighted by atomic mass is 9.90. The van der Waals surface area contributed by atoms with Crippen molar-refractivity contribution in [3.05, 3.63) is 0 Å². The minimum absolute atomic E-state index is 0.0840. The van der Waals surface area contributed by atoms with Crippen molar-refractivity contribution < 1.29 is 13.2 Å². The first kappa shape index (κ1) is 17.4. The van der Waals surface area contributed by atoms with Crippen LogP contribution >= 0.6 is 0 Å². The first-order valence-corrected chi connectivity index (χ1v) is 9.02. The van der Waals surface area contributed by atoms with Crippen LogP contribution in [0.1, 0.15) is 32.1 Å². The van der Waals surface area contributed by atoms with Gasteiger partial charge < -0.3 is 16.0 Å². The van der Waals surface area contributed by atoms with Crippen LogP contribution in [0.3, 0.4) is 0 Å². The highest BCUT2D eigenvalue weighted by molar-refractivity contribution is 7.91. The molecule has 0 radical (unpaired) electrons. The van der Waals surface area contributed by atoms with Crippen LogP contribution in [-0.4, -0.2) is 63.5 Å². The number of amides is 1. The van der Waals surface area contributed by atoms with Crippen molar-refractivity contribution in [2.75, 3.05) is 32.1 Å². The number of rotatable bonds is 8. The normalized spacial score (nSPS) is 23.9. The number of nitrogens with one attached hydrogen (secondary N) is 1. The zero-order chi connectivity index (χ0) is 15.2. The third-order valence-corrected chi connectivity index (χ3v) is 5.77. The van der Waals surface area contributed by atoms with Gasteiger partial charge in [-0.25, -0.2) is 8.42 Å². The molecular formula is C13H27N3O3S. The third kappa shape index (κ3) is 6.19. The van der Waals surface area contributed by atoms with Gasteiger partial charge in [0, 0.05) is 25.0 Å². The molecule has 1 saturated carbocycles. The molecule has 6 nitrogen and oxygen atoms in total. The molecule has 0 bridgehead atoms.